The van der Waals surface area contributed by atoms with Crippen LogP contribution in [0.1, 0.15) is 44.9 Å². The first-order valence-electron chi connectivity index (χ1n) is 4.40. The highest BCUT2D eigenvalue weighted by molar-refractivity contribution is 5.03. The van der Waals surface area contributed by atoms with Crippen molar-refractivity contribution >= 4 is 0 Å². The first-order valence-corrected chi connectivity index (χ1v) is 4.40. The average Bonchev–Trinajstić information content (AvgIpc) is 1.87. The lowest BCUT2D eigenvalue weighted by atomic mass is 9.99. The monoisotopic (exact) mass is 137 g/mol. The van der Waals surface area contributed by atoms with E-state index in [4.69, 9.17) is 0 Å². The average molecular weight is 137 g/mol. The summed E-state index contributed by atoms with van der Waals surface area (Å²) in [7, 11) is 0. The molecule has 1 rings (SSSR count). The summed E-state index contributed by atoms with van der Waals surface area (Å²) in [6, 6.07) is 0. The van der Waals surface area contributed by atoms with E-state index in [0.717, 1.165) is 6.42 Å². The van der Waals surface area contributed by atoms with Crippen molar-refractivity contribution in [3.63, 3.8) is 0 Å². The SMILES string of the molecule is [CH2]C/C1=C/CCCCCC1. The normalized spacial score (nSPS) is 26.3. The van der Waals surface area contributed by atoms with Gasteiger partial charge >= 0.3 is 0 Å². The summed E-state index contributed by atoms with van der Waals surface area (Å²) < 4.78 is 0. The molecule has 0 N–H and O–H groups in total. The predicted molar refractivity (Wildman–Crippen MR) is 45.8 cm³/mol. The van der Waals surface area contributed by atoms with Crippen molar-refractivity contribution in [2.45, 2.75) is 44.9 Å². The van der Waals surface area contributed by atoms with E-state index in [9.17, 15) is 0 Å². The van der Waals surface area contributed by atoms with Gasteiger partial charge in [0.2, 0.25) is 0 Å². The van der Waals surface area contributed by atoms with Gasteiger partial charge in [0, 0.05) is 0 Å². The Labute approximate surface area is 64.3 Å². The smallest absolute Gasteiger partial charge is 0.0320 e. The molecule has 0 heteroatoms. The zero-order valence-electron chi connectivity index (χ0n) is 6.73. The van der Waals surface area contributed by atoms with Gasteiger partial charge in [-0.15, -0.1) is 0 Å². The molecule has 1 radical (unpaired) electrons. The Morgan fingerprint density at radius 1 is 1.20 bits per heavy atom. The highest BCUT2D eigenvalue weighted by atomic mass is 14.0. The maximum atomic E-state index is 3.91. The van der Waals surface area contributed by atoms with Gasteiger partial charge in [0.15, 0.2) is 0 Å². The van der Waals surface area contributed by atoms with Crippen LogP contribution in [0.4, 0.5) is 0 Å². The zero-order chi connectivity index (χ0) is 7.23. The maximum absolute atomic E-state index is 3.91. The van der Waals surface area contributed by atoms with Gasteiger partial charge in [0.1, 0.15) is 0 Å². The van der Waals surface area contributed by atoms with Crippen LogP contribution in [0.25, 0.3) is 0 Å². The summed E-state index contributed by atoms with van der Waals surface area (Å²) in [6.45, 7) is 3.91. The zero-order valence-corrected chi connectivity index (χ0v) is 6.73. The van der Waals surface area contributed by atoms with Gasteiger partial charge < -0.3 is 0 Å². The van der Waals surface area contributed by atoms with Crippen LogP contribution in [0, 0.1) is 6.92 Å². The van der Waals surface area contributed by atoms with Gasteiger partial charge in [-0.05, 0) is 39.0 Å². The number of rotatable bonds is 1. The summed E-state index contributed by atoms with van der Waals surface area (Å²) >= 11 is 0. The Morgan fingerprint density at radius 3 is 2.80 bits per heavy atom. The van der Waals surface area contributed by atoms with Crippen LogP contribution >= 0.6 is 0 Å². The van der Waals surface area contributed by atoms with Crippen LogP contribution in [-0.2, 0) is 0 Å². The number of hydrogen-bond acceptors (Lipinski definition) is 0. The third kappa shape index (κ3) is 2.55. The van der Waals surface area contributed by atoms with Crippen molar-refractivity contribution in [1.82, 2.24) is 0 Å². The molecule has 0 nitrogen and oxygen atoms in total. The number of hydrogen-bond donors (Lipinski definition) is 0. The minimum absolute atomic E-state index is 1.03. The molecular formula is C10H17. The summed E-state index contributed by atoms with van der Waals surface area (Å²) in [5.74, 6) is 0. The van der Waals surface area contributed by atoms with Crippen molar-refractivity contribution in [3.05, 3.63) is 18.6 Å². The minimum atomic E-state index is 1.03. The fourth-order valence-corrected chi connectivity index (χ4v) is 1.49. The largest absolute Gasteiger partial charge is 0.0853 e. The molecule has 0 aromatic carbocycles. The van der Waals surface area contributed by atoms with Crippen molar-refractivity contribution in [2.24, 2.45) is 0 Å². The third-order valence-corrected chi connectivity index (χ3v) is 2.21. The molecule has 0 unspecified atom stereocenters. The van der Waals surface area contributed by atoms with E-state index in [1.807, 2.05) is 0 Å². The van der Waals surface area contributed by atoms with Crippen molar-refractivity contribution in [1.29, 1.82) is 0 Å². The summed E-state index contributed by atoms with van der Waals surface area (Å²) in [4.78, 5) is 0. The topological polar surface area (TPSA) is 0 Å². The van der Waals surface area contributed by atoms with Gasteiger partial charge in [-0.25, -0.2) is 0 Å². The van der Waals surface area contributed by atoms with Gasteiger partial charge in [-0.2, -0.15) is 0 Å². The summed E-state index contributed by atoms with van der Waals surface area (Å²) in [5, 5.41) is 0. The van der Waals surface area contributed by atoms with Crippen LogP contribution in [0.5, 0.6) is 0 Å². The Balaban J connectivity index is 2.35. The second-order valence-electron chi connectivity index (χ2n) is 3.07. The molecule has 10 heavy (non-hydrogen) atoms. The molecule has 0 heterocycles. The maximum Gasteiger partial charge on any atom is -0.0320 e. The second-order valence-corrected chi connectivity index (χ2v) is 3.07. The molecule has 0 aromatic heterocycles. The Kier molecular flexibility index (Phi) is 3.56. The molecule has 0 amide bonds. The predicted octanol–water partition coefficient (Wildman–Crippen LogP) is 3.49. The van der Waals surface area contributed by atoms with Gasteiger partial charge in [0.05, 0.1) is 0 Å². The van der Waals surface area contributed by atoms with Crippen molar-refractivity contribution in [3.8, 4) is 0 Å². The molecule has 0 spiro atoms. The molecule has 0 aromatic rings. The van der Waals surface area contributed by atoms with E-state index in [-0.39, 0.29) is 0 Å². The first kappa shape index (κ1) is 7.84. The van der Waals surface area contributed by atoms with Crippen LogP contribution < -0.4 is 0 Å². The van der Waals surface area contributed by atoms with E-state index < -0.39 is 0 Å². The highest BCUT2D eigenvalue weighted by Gasteiger charge is 1.98. The van der Waals surface area contributed by atoms with Crippen LogP contribution in [0.2, 0.25) is 0 Å². The minimum Gasteiger partial charge on any atom is -0.0853 e. The Morgan fingerprint density at radius 2 is 2.00 bits per heavy atom. The fourth-order valence-electron chi connectivity index (χ4n) is 1.49. The van der Waals surface area contributed by atoms with E-state index in [2.05, 4.69) is 13.0 Å². The molecule has 0 saturated heterocycles. The summed E-state index contributed by atoms with van der Waals surface area (Å²) in [5.41, 5.74) is 1.58. The molecule has 0 saturated carbocycles. The lowest BCUT2D eigenvalue weighted by Crippen LogP contribution is -1.88. The highest BCUT2D eigenvalue weighted by Crippen LogP contribution is 2.18. The molecule has 0 atom stereocenters. The van der Waals surface area contributed by atoms with Gasteiger partial charge in [-0.1, -0.05) is 24.5 Å². The third-order valence-electron chi connectivity index (χ3n) is 2.21. The van der Waals surface area contributed by atoms with Crippen LogP contribution in [0.3, 0.4) is 0 Å². The second kappa shape index (κ2) is 4.54. The number of allylic oxidation sites excluding steroid dienone is 2. The van der Waals surface area contributed by atoms with Gasteiger partial charge in [-0.3, -0.25) is 0 Å². The van der Waals surface area contributed by atoms with E-state index in [0.29, 0.717) is 0 Å². The van der Waals surface area contributed by atoms with Crippen LogP contribution in [-0.4, -0.2) is 0 Å². The first-order chi connectivity index (χ1) is 4.93. The standard InChI is InChI=1S/C10H17/c1-2-10-8-6-4-3-5-7-9-10/h8H,1-7,9H2/b10-8-. The fraction of sp³-hybridized carbons (Fsp3) is 0.700. The quantitative estimate of drug-likeness (QED) is 0.485. The molecule has 1 aliphatic carbocycles. The van der Waals surface area contributed by atoms with Crippen molar-refractivity contribution < 1.29 is 0 Å². The molecule has 0 bridgehead atoms. The molecule has 0 aliphatic heterocycles. The summed E-state index contributed by atoms with van der Waals surface area (Å²) in [6.07, 6.45) is 11.7. The molecule has 1 aliphatic rings. The molecular weight excluding hydrogens is 120 g/mol. The molecule has 0 fully saturated rings. The lowest BCUT2D eigenvalue weighted by molar-refractivity contribution is 0.620. The van der Waals surface area contributed by atoms with Crippen LogP contribution in [0.15, 0.2) is 11.6 Å². The van der Waals surface area contributed by atoms with E-state index in [1.165, 1.54) is 38.5 Å². The lowest BCUT2D eigenvalue weighted by Gasteiger charge is -2.08. The Hall–Kier alpha value is -0.260. The van der Waals surface area contributed by atoms with Gasteiger partial charge in [0.25, 0.3) is 0 Å². The van der Waals surface area contributed by atoms with E-state index in [1.54, 1.807) is 5.57 Å². The molecule has 57 valence electrons. The van der Waals surface area contributed by atoms with Crippen molar-refractivity contribution in [2.75, 3.05) is 0 Å². The van der Waals surface area contributed by atoms with E-state index >= 15 is 0 Å². The Bertz CT molecular complexity index is 111.